The van der Waals surface area contributed by atoms with Crippen LogP contribution in [0.15, 0.2) is 84.9 Å². The lowest BCUT2D eigenvalue weighted by Gasteiger charge is -2.43. The molecular formula is C30H37NO4Si. The van der Waals surface area contributed by atoms with Crippen molar-refractivity contribution in [3.8, 4) is 0 Å². The maximum absolute atomic E-state index is 7.19. The van der Waals surface area contributed by atoms with E-state index >= 15 is 0 Å². The number of nitrogens with two attached hydrogens (primary N) is 1. The van der Waals surface area contributed by atoms with E-state index in [1.807, 2.05) is 38.1 Å². The summed E-state index contributed by atoms with van der Waals surface area (Å²) < 4.78 is 26.6. The largest absolute Gasteiger partial charge is 0.405 e. The number of nitrogen functional groups attached to an aromatic ring is 1. The van der Waals surface area contributed by atoms with E-state index in [9.17, 15) is 0 Å². The second-order valence-corrected chi connectivity index (χ2v) is 15.6. The predicted octanol–water partition coefficient (Wildman–Crippen LogP) is 4.81. The molecule has 2 aliphatic rings. The number of anilines is 1. The lowest BCUT2D eigenvalue weighted by Crippen LogP contribution is -2.67. The van der Waals surface area contributed by atoms with Crippen LogP contribution in [0.25, 0.3) is 0 Å². The predicted molar refractivity (Wildman–Crippen MR) is 146 cm³/mol. The Morgan fingerprint density at radius 1 is 0.806 bits per heavy atom. The quantitative estimate of drug-likeness (QED) is 0.387. The summed E-state index contributed by atoms with van der Waals surface area (Å²) in [4.78, 5) is 0. The average Bonchev–Trinajstić information content (AvgIpc) is 3.33. The molecule has 190 valence electrons. The topological polar surface area (TPSA) is 62.9 Å². The first-order valence-corrected chi connectivity index (χ1v) is 14.6. The molecule has 2 aliphatic heterocycles. The van der Waals surface area contributed by atoms with Gasteiger partial charge in [-0.1, -0.05) is 93.6 Å². The SMILES string of the molecule is CC1(C)O[C@@H]2[C@H](O1)[C@@H](CO[Si](c1ccccc1)(c1ccccc1)C(C)(C)C)O[C@H]2c1ccc(N)cc1. The molecule has 2 fully saturated rings. The fraction of sp³-hybridized carbons (Fsp3) is 0.400. The van der Waals surface area contributed by atoms with Crippen molar-refractivity contribution >= 4 is 24.4 Å². The Labute approximate surface area is 215 Å². The van der Waals surface area contributed by atoms with Crippen LogP contribution < -0.4 is 16.1 Å². The lowest BCUT2D eigenvalue weighted by atomic mass is 10.0. The highest BCUT2D eigenvalue weighted by Gasteiger charge is 2.57. The molecule has 0 amide bonds. The van der Waals surface area contributed by atoms with Crippen LogP contribution in [0.5, 0.6) is 0 Å². The van der Waals surface area contributed by atoms with Crippen LogP contribution in [0.1, 0.15) is 46.3 Å². The van der Waals surface area contributed by atoms with Crippen molar-refractivity contribution < 1.29 is 18.6 Å². The van der Waals surface area contributed by atoms with Gasteiger partial charge < -0.3 is 24.4 Å². The highest BCUT2D eigenvalue weighted by atomic mass is 28.4. The number of benzene rings is 3. The Balaban J connectivity index is 1.50. The van der Waals surface area contributed by atoms with Gasteiger partial charge in [0.15, 0.2) is 5.79 Å². The van der Waals surface area contributed by atoms with E-state index in [1.165, 1.54) is 10.4 Å². The van der Waals surface area contributed by atoms with Crippen LogP contribution in [0.4, 0.5) is 5.69 Å². The Bertz CT molecular complexity index is 1120. The Hall–Kier alpha value is -2.48. The fourth-order valence-electron chi connectivity index (χ4n) is 5.74. The number of ether oxygens (including phenoxy) is 3. The third kappa shape index (κ3) is 4.53. The summed E-state index contributed by atoms with van der Waals surface area (Å²) in [5.74, 6) is -0.680. The minimum atomic E-state index is -2.70. The standard InChI is InChI=1S/C30H37NO4Si/c1-29(2,3)36(23-12-8-6-9-13-23,24-14-10-7-11-15-24)32-20-25-27-28(35-30(4,5)34-27)26(33-25)21-16-18-22(31)19-17-21/h6-19,25-28H,20,31H2,1-5H3/t25-,26+,27-,28+/m1/s1. The molecule has 0 aromatic heterocycles. The zero-order chi connectivity index (χ0) is 25.6. The average molecular weight is 504 g/mol. The van der Waals surface area contributed by atoms with Gasteiger partial charge in [0.2, 0.25) is 0 Å². The van der Waals surface area contributed by atoms with Crippen molar-refractivity contribution in [1.29, 1.82) is 0 Å². The van der Waals surface area contributed by atoms with Gasteiger partial charge >= 0.3 is 0 Å². The van der Waals surface area contributed by atoms with Gasteiger partial charge in [-0.05, 0) is 47.0 Å². The number of fused-ring (bicyclic) bond motifs is 1. The van der Waals surface area contributed by atoms with E-state index in [2.05, 4.69) is 81.4 Å². The number of hydrogen-bond acceptors (Lipinski definition) is 5. The van der Waals surface area contributed by atoms with Gasteiger partial charge in [-0.15, -0.1) is 0 Å². The van der Waals surface area contributed by atoms with Gasteiger partial charge in [-0.25, -0.2) is 0 Å². The third-order valence-corrected chi connectivity index (χ3v) is 12.3. The molecule has 0 aliphatic carbocycles. The van der Waals surface area contributed by atoms with Gasteiger partial charge in [0.25, 0.3) is 8.32 Å². The molecule has 0 unspecified atom stereocenters. The molecular weight excluding hydrogens is 466 g/mol. The van der Waals surface area contributed by atoms with Crippen molar-refractivity contribution in [2.45, 2.75) is 69.9 Å². The third-order valence-electron chi connectivity index (χ3n) is 7.30. The summed E-state index contributed by atoms with van der Waals surface area (Å²) in [5, 5.41) is 2.38. The lowest BCUT2D eigenvalue weighted by molar-refractivity contribution is -0.190. The molecule has 0 radical (unpaired) electrons. The molecule has 0 spiro atoms. The molecule has 4 atom stereocenters. The summed E-state index contributed by atoms with van der Waals surface area (Å²) in [6, 6.07) is 29.2. The first-order valence-electron chi connectivity index (χ1n) is 12.7. The van der Waals surface area contributed by atoms with Gasteiger partial charge in [-0.3, -0.25) is 0 Å². The summed E-state index contributed by atoms with van der Waals surface area (Å²) in [5.41, 5.74) is 7.70. The number of hydrogen-bond donors (Lipinski definition) is 1. The molecule has 6 heteroatoms. The number of rotatable bonds is 6. The minimum Gasteiger partial charge on any atom is -0.405 e. The first-order chi connectivity index (χ1) is 17.1. The summed E-state index contributed by atoms with van der Waals surface area (Å²) in [6.45, 7) is 11.2. The van der Waals surface area contributed by atoms with E-state index < -0.39 is 14.1 Å². The summed E-state index contributed by atoms with van der Waals surface area (Å²) in [7, 11) is -2.70. The second kappa shape index (κ2) is 9.43. The van der Waals surface area contributed by atoms with E-state index in [0.29, 0.717) is 6.61 Å². The molecule has 0 bridgehead atoms. The second-order valence-electron chi connectivity index (χ2n) is 11.3. The highest BCUT2D eigenvalue weighted by Crippen LogP contribution is 2.46. The Kier molecular flexibility index (Phi) is 6.60. The Morgan fingerprint density at radius 3 is 1.86 bits per heavy atom. The molecule has 0 saturated carbocycles. The van der Waals surface area contributed by atoms with Crippen molar-refractivity contribution in [1.82, 2.24) is 0 Å². The monoisotopic (exact) mass is 503 g/mol. The fourth-order valence-corrected chi connectivity index (χ4v) is 10.3. The maximum Gasteiger partial charge on any atom is 0.261 e. The molecule has 2 heterocycles. The molecule has 2 N–H and O–H groups in total. The normalized spacial score (nSPS) is 25.6. The first kappa shape index (κ1) is 25.2. The highest BCUT2D eigenvalue weighted by molar-refractivity contribution is 6.99. The zero-order valence-electron chi connectivity index (χ0n) is 21.8. The van der Waals surface area contributed by atoms with Crippen molar-refractivity contribution in [3.63, 3.8) is 0 Å². The molecule has 3 aromatic carbocycles. The van der Waals surface area contributed by atoms with Crippen LogP contribution in [0.3, 0.4) is 0 Å². The summed E-state index contributed by atoms with van der Waals surface area (Å²) >= 11 is 0. The van der Waals surface area contributed by atoms with Crippen LogP contribution in [0, 0.1) is 0 Å². The molecule has 3 aromatic rings. The molecule has 5 rings (SSSR count). The minimum absolute atomic E-state index is 0.115. The maximum atomic E-state index is 7.19. The van der Waals surface area contributed by atoms with Crippen LogP contribution in [0.2, 0.25) is 5.04 Å². The van der Waals surface area contributed by atoms with Crippen molar-refractivity contribution in [2.24, 2.45) is 0 Å². The van der Waals surface area contributed by atoms with Gasteiger partial charge in [0.1, 0.15) is 24.4 Å². The van der Waals surface area contributed by atoms with Crippen LogP contribution in [-0.2, 0) is 18.6 Å². The molecule has 5 nitrogen and oxygen atoms in total. The van der Waals surface area contributed by atoms with Gasteiger partial charge in [0.05, 0.1) is 6.61 Å². The van der Waals surface area contributed by atoms with Crippen LogP contribution in [-0.4, -0.2) is 39.0 Å². The van der Waals surface area contributed by atoms with E-state index in [1.54, 1.807) is 0 Å². The van der Waals surface area contributed by atoms with Gasteiger partial charge in [0, 0.05) is 5.69 Å². The van der Waals surface area contributed by atoms with Crippen molar-refractivity contribution in [2.75, 3.05) is 12.3 Å². The summed E-state index contributed by atoms with van der Waals surface area (Å²) in [6.07, 6.45) is -0.941. The Morgan fingerprint density at radius 2 is 1.33 bits per heavy atom. The van der Waals surface area contributed by atoms with Gasteiger partial charge in [-0.2, -0.15) is 0 Å². The van der Waals surface area contributed by atoms with E-state index in [-0.39, 0.29) is 29.5 Å². The van der Waals surface area contributed by atoms with E-state index in [4.69, 9.17) is 24.4 Å². The zero-order valence-corrected chi connectivity index (χ0v) is 22.8. The molecule has 2 saturated heterocycles. The molecule has 36 heavy (non-hydrogen) atoms. The van der Waals surface area contributed by atoms with Crippen molar-refractivity contribution in [3.05, 3.63) is 90.5 Å². The smallest absolute Gasteiger partial charge is 0.261 e. The van der Waals surface area contributed by atoms with Crippen LogP contribution >= 0.6 is 0 Å². The van der Waals surface area contributed by atoms with E-state index in [0.717, 1.165) is 11.3 Å².